The van der Waals surface area contributed by atoms with E-state index in [2.05, 4.69) is 40.6 Å². The van der Waals surface area contributed by atoms with E-state index in [1.165, 1.54) is 5.69 Å². The van der Waals surface area contributed by atoms with Crippen LogP contribution in [0.4, 0.5) is 0 Å². The van der Waals surface area contributed by atoms with Crippen molar-refractivity contribution in [2.24, 2.45) is 10.4 Å². The SMILES string of the molecule is CCNC(=NCC1(CO)CC1)NCCCn1nc(C)cc1C. The van der Waals surface area contributed by atoms with Gasteiger partial charge in [0.05, 0.1) is 18.8 Å². The van der Waals surface area contributed by atoms with Gasteiger partial charge in [0, 0.05) is 30.7 Å². The molecule has 1 saturated carbocycles. The van der Waals surface area contributed by atoms with Gasteiger partial charge in [-0.15, -0.1) is 0 Å². The van der Waals surface area contributed by atoms with Crippen LogP contribution in [0.2, 0.25) is 0 Å². The Morgan fingerprint density at radius 3 is 2.73 bits per heavy atom. The average molecular weight is 307 g/mol. The molecule has 6 heteroatoms. The highest BCUT2D eigenvalue weighted by Gasteiger charge is 2.41. The van der Waals surface area contributed by atoms with Gasteiger partial charge in [-0.1, -0.05) is 0 Å². The van der Waals surface area contributed by atoms with Crippen LogP contribution in [0.15, 0.2) is 11.1 Å². The summed E-state index contributed by atoms with van der Waals surface area (Å²) in [6.45, 7) is 9.73. The fourth-order valence-corrected chi connectivity index (χ4v) is 2.47. The fraction of sp³-hybridized carbons (Fsp3) is 0.750. The maximum absolute atomic E-state index is 9.35. The first-order valence-electron chi connectivity index (χ1n) is 8.23. The second kappa shape index (κ2) is 7.63. The van der Waals surface area contributed by atoms with Crippen LogP contribution in [0.25, 0.3) is 0 Å². The second-order valence-electron chi connectivity index (χ2n) is 6.28. The predicted molar refractivity (Wildman–Crippen MR) is 89.1 cm³/mol. The predicted octanol–water partition coefficient (Wildman–Crippen LogP) is 1.22. The lowest BCUT2D eigenvalue weighted by Gasteiger charge is -2.14. The average Bonchev–Trinajstić information content (AvgIpc) is 3.21. The van der Waals surface area contributed by atoms with E-state index in [0.717, 1.165) is 50.6 Å². The molecule has 1 aliphatic carbocycles. The molecular formula is C16H29N5O. The Morgan fingerprint density at radius 2 is 2.18 bits per heavy atom. The zero-order valence-corrected chi connectivity index (χ0v) is 14.0. The molecule has 1 heterocycles. The first kappa shape index (κ1) is 16.8. The lowest BCUT2D eigenvalue weighted by molar-refractivity contribution is 0.217. The quantitative estimate of drug-likeness (QED) is 0.383. The normalized spacial score (nSPS) is 16.6. The zero-order valence-electron chi connectivity index (χ0n) is 14.0. The van der Waals surface area contributed by atoms with E-state index in [0.29, 0.717) is 6.54 Å². The van der Waals surface area contributed by atoms with Crippen LogP contribution in [0, 0.1) is 19.3 Å². The summed E-state index contributed by atoms with van der Waals surface area (Å²) < 4.78 is 2.05. The largest absolute Gasteiger partial charge is 0.396 e. The molecule has 1 fully saturated rings. The van der Waals surface area contributed by atoms with Crippen molar-refractivity contribution in [3.63, 3.8) is 0 Å². The molecule has 0 radical (unpaired) electrons. The van der Waals surface area contributed by atoms with Crippen LogP contribution >= 0.6 is 0 Å². The number of aryl methyl sites for hydroxylation is 3. The van der Waals surface area contributed by atoms with Crippen molar-refractivity contribution >= 4 is 5.96 Å². The maximum Gasteiger partial charge on any atom is 0.191 e. The van der Waals surface area contributed by atoms with Gasteiger partial charge in [0.1, 0.15) is 0 Å². The molecule has 0 aliphatic heterocycles. The number of nitrogens with one attached hydrogen (secondary N) is 2. The first-order valence-corrected chi connectivity index (χ1v) is 8.23. The van der Waals surface area contributed by atoms with Crippen molar-refractivity contribution < 1.29 is 5.11 Å². The summed E-state index contributed by atoms with van der Waals surface area (Å²) in [5.41, 5.74) is 2.34. The third-order valence-corrected chi connectivity index (χ3v) is 4.15. The molecule has 0 amide bonds. The Balaban J connectivity index is 1.74. The smallest absolute Gasteiger partial charge is 0.191 e. The molecule has 0 aromatic carbocycles. The Hall–Kier alpha value is -1.56. The van der Waals surface area contributed by atoms with Crippen molar-refractivity contribution in [2.75, 3.05) is 26.2 Å². The molecule has 1 aliphatic rings. The lowest BCUT2D eigenvalue weighted by Crippen LogP contribution is -2.38. The van der Waals surface area contributed by atoms with Crippen LogP contribution in [-0.4, -0.2) is 47.1 Å². The summed E-state index contributed by atoms with van der Waals surface area (Å²) in [6, 6.07) is 2.10. The third kappa shape index (κ3) is 4.73. The van der Waals surface area contributed by atoms with Crippen LogP contribution in [-0.2, 0) is 6.54 Å². The molecule has 124 valence electrons. The fourth-order valence-electron chi connectivity index (χ4n) is 2.47. The van der Waals surface area contributed by atoms with E-state index in [1.54, 1.807) is 0 Å². The summed E-state index contributed by atoms with van der Waals surface area (Å²) in [5, 5.41) is 20.4. The maximum atomic E-state index is 9.35. The topological polar surface area (TPSA) is 74.5 Å². The van der Waals surface area contributed by atoms with Gasteiger partial charge < -0.3 is 15.7 Å². The number of hydrogen-bond donors (Lipinski definition) is 3. The number of hydrogen-bond acceptors (Lipinski definition) is 3. The van der Waals surface area contributed by atoms with Crippen molar-refractivity contribution in [1.29, 1.82) is 0 Å². The number of aliphatic imine (C=N–C) groups is 1. The minimum absolute atomic E-state index is 0.0616. The lowest BCUT2D eigenvalue weighted by atomic mass is 10.1. The Morgan fingerprint density at radius 1 is 1.41 bits per heavy atom. The van der Waals surface area contributed by atoms with Gasteiger partial charge in [-0.25, -0.2) is 0 Å². The molecule has 0 unspecified atom stereocenters. The second-order valence-corrected chi connectivity index (χ2v) is 6.28. The number of guanidine groups is 1. The number of aliphatic hydroxyl groups is 1. The monoisotopic (exact) mass is 307 g/mol. The van der Waals surface area contributed by atoms with Gasteiger partial charge in [-0.05, 0) is 46.1 Å². The Bertz CT molecular complexity index is 505. The number of nitrogens with zero attached hydrogens (tertiary/aromatic N) is 3. The van der Waals surface area contributed by atoms with E-state index in [-0.39, 0.29) is 12.0 Å². The molecule has 6 nitrogen and oxygen atoms in total. The van der Waals surface area contributed by atoms with Crippen LogP contribution < -0.4 is 10.6 Å². The van der Waals surface area contributed by atoms with E-state index in [9.17, 15) is 5.11 Å². The molecule has 22 heavy (non-hydrogen) atoms. The highest BCUT2D eigenvalue weighted by atomic mass is 16.3. The highest BCUT2D eigenvalue weighted by Crippen LogP contribution is 2.45. The Kier molecular flexibility index (Phi) is 5.83. The van der Waals surface area contributed by atoms with Crippen molar-refractivity contribution in [1.82, 2.24) is 20.4 Å². The van der Waals surface area contributed by atoms with E-state index >= 15 is 0 Å². The van der Waals surface area contributed by atoms with Gasteiger partial charge in [-0.3, -0.25) is 9.67 Å². The summed E-state index contributed by atoms with van der Waals surface area (Å²) >= 11 is 0. The Labute approximate surface area is 133 Å². The molecule has 0 bridgehead atoms. The van der Waals surface area contributed by atoms with E-state index in [4.69, 9.17) is 0 Å². The molecule has 1 aromatic heterocycles. The van der Waals surface area contributed by atoms with E-state index < -0.39 is 0 Å². The minimum atomic E-state index is 0.0616. The minimum Gasteiger partial charge on any atom is -0.396 e. The summed E-state index contributed by atoms with van der Waals surface area (Å²) in [6.07, 6.45) is 3.17. The summed E-state index contributed by atoms with van der Waals surface area (Å²) in [4.78, 5) is 4.60. The number of aliphatic hydroxyl groups excluding tert-OH is 1. The van der Waals surface area contributed by atoms with Crippen LogP contribution in [0.5, 0.6) is 0 Å². The molecule has 0 spiro atoms. The van der Waals surface area contributed by atoms with Crippen LogP contribution in [0.3, 0.4) is 0 Å². The van der Waals surface area contributed by atoms with Crippen molar-refractivity contribution in [3.05, 3.63) is 17.5 Å². The molecular weight excluding hydrogens is 278 g/mol. The standard InChI is InChI=1S/C16H29N5O/c1-4-17-15(19-11-16(12-22)6-7-16)18-8-5-9-21-14(3)10-13(2)20-21/h10,22H,4-9,11-12H2,1-3H3,(H2,17,18,19). The van der Waals surface area contributed by atoms with Gasteiger partial charge in [0.15, 0.2) is 5.96 Å². The molecule has 1 aromatic rings. The van der Waals surface area contributed by atoms with Gasteiger partial charge in [-0.2, -0.15) is 5.10 Å². The van der Waals surface area contributed by atoms with Crippen molar-refractivity contribution in [3.8, 4) is 0 Å². The van der Waals surface area contributed by atoms with Gasteiger partial charge in [0.2, 0.25) is 0 Å². The summed E-state index contributed by atoms with van der Waals surface area (Å²) in [5.74, 6) is 0.843. The summed E-state index contributed by atoms with van der Waals surface area (Å²) in [7, 11) is 0. The first-order chi connectivity index (χ1) is 10.6. The molecule has 3 N–H and O–H groups in total. The molecule has 0 saturated heterocycles. The zero-order chi connectivity index (χ0) is 16.0. The number of aromatic nitrogens is 2. The van der Waals surface area contributed by atoms with Crippen molar-refractivity contribution in [2.45, 2.75) is 46.6 Å². The number of rotatable bonds is 8. The highest BCUT2D eigenvalue weighted by molar-refractivity contribution is 5.79. The van der Waals surface area contributed by atoms with Gasteiger partial charge in [0.25, 0.3) is 0 Å². The van der Waals surface area contributed by atoms with E-state index in [1.807, 2.05) is 11.6 Å². The third-order valence-electron chi connectivity index (χ3n) is 4.15. The van der Waals surface area contributed by atoms with Gasteiger partial charge >= 0.3 is 0 Å². The molecule has 2 rings (SSSR count). The van der Waals surface area contributed by atoms with Crippen LogP contribution in [0.1, 0.15) is 37.6 Å². The molecule has 0 atom stereocenters.